The molecule has 5 nitrogen and oxygen atoms in total. The van der Waals surface area contributed by atoms with E-state index in [1.54, 1.807) is 12.1 Å². The van der Waals surface area contributed by atoms with Crippen LogP contribution in [-0.2, 0) is 43.4 Å². The molecule has 0 unspecified atom stereocenters. The Kier molecular flexibility index (Phi) is 7.68. The fourth-order valence-electron chi connectivity index (χ4n) is 3.66. The Labute approximate surface area is 194 Å². The maximum atomic E-state index is 13.0. The van der Waals surface area contributed by atoms with Crippen molar-refractivity contribution in [1.82, 2.24) is 9.78 Å². The maximum absolute atomic E-state index is 13.0. The van der Waals surface area contributed by atoms with Gasteiger partial charge in [-0.3, -0.25) is 9.48 Å². The Hall–Kier alpha value is -3.00. The van der Waals surface area contributed by atoms with Gasteiger partial charge in [-0.05, 0) is 48.2 Å². The second-order valence-electron chi connectivity index (χ2n) is 7.55. The largest absolute Gasteiger partial charge is 0.489 e. The predicted octanol–water partition coefficient (Wildman–Crippen LogP) is 5.93. The van der Waals surface area contributed by atoms with E-state index in [0.717, 1.165) is 28.6 Å². The van der Waals surface area contributed by atoms with E-state index in [2.05, 4.69) is 5.10 Å². The number of benzene rings is 2. The van der Waals surface area contributed by atoms with Crippen LogP contribution in [0.15, 0.2) is 42.5 Å². The first-order valence-corrected chi connectivity index (χ1v) is 10.9. The number of aryl methyl sites for hydroxylation is 1. The fraction of sp³-hybridized carbons (Fsp3) is 0.333. The average Bonchev–Trinajstić information content (AvgIpc) is 3.08. The van der Waals surface area contributed by atoms with E-state index in [4.69, 9.17) is 16.3 Å². The molecule has 0 aliphatic rings. The standard InChI is InChI=1S/C24H24ClF3N2O3/c1-3-21-18(12-23(31)32)22(4-2)30(29-21)13-15-5-8-17(9-6-15)33-14-16-7-10-20(25)19(11-16)24(26,27)28/h5-11H,3-4,12-14H2,1-2H3,(H,31,32). The average molecular weight is 481 g/mol. The van der Waals surface area contributed by atoms with E-state index in [1.807, 2.05) is 30.7 Å². The van der Waals surface area contributed by atoms with Crippen molar-refractivity contribution in [3.05, 3.63) is 81.1 Å². The number of hydrogen-bond donors (Lipinski definition) is 1. The van der Waals surface area contributed by atoms with Crippen molar-refractivity contribution in [2.24, 2.45) is 0 Å². The van der Waals surface area contributed by atoms with Gasteiger partial charge in [-0.1, -0.05) is 43.6 Å². The van der Waals surface area contributed by atoms with Gasteiger partial charge in [-0.2, -0.15) is 18.3 Å². The number of alkyl halides is 3. The first kappa shape index (κ1) is 24.6. The van der Waals surface area contributed by atoms with Crippen LogP contribution in [0.3, 0.4) is 0 Å². The highest BCUT2D eigenvalue weighted by Gasteiger charge is 2.33. The Morgan fingerprint density at radius 1 is 1.09 bits per heavy atom. The lowest BCUT2D eigenvalue weighted by Gasteiger charge is -2.12. The summed E-state index contributed by atoms with van der Waals surface area (Å²) in [7, 11) is 0. The highest BCUT2D eigenvalue weighted by molar-refractivity contribution is 6.31. The van der Waals surface area contributed by atoms with Gasteiger partial charge in [-0.25, -0.2) is 0 Å². The number of aromatic nitrogens is 2. The summed E-state index contributed by atoms with van der Waals surface area (Å²) in [4.78, 5) is 11.2. The van der Waals surface area contributed by atoms with E-state index >= 15 is 0 Å². The molecular formula is C24H24ClF3N2O3. The van der Waals surface area contributed by atoms with E-state index < -0.39 is 17.7 Å². The predicted molar refractivity (Wildman–Crippen MR) is 119 cm³/mol. The maximum Gasteiger partial charge on any atom is 0.417 e. The van der Waals surface area contributed by atoms with Crippen molar-refractivity contribution < 1.29 is 27.8 Å². The SMILES string of the molecule is CCc1nn(Cc2ccc(OCc3ccc(Cl)c(C(F)(F)F)c3)cc2)c(CC)c1CC(=O)O. The lowest BCUT2D eigenvalue weighted by Crippen LogP contribution is -2.08. The van der Waals surface area contributed by atoms with Crippen molar-refractivity contribution in [2.75, 3.05) is 0 Å². The lowest BCUT2D eigenvalue weighted by molar-refractivity contribution is -0.138. The third kappa shape index (κ3) is 6.07. The molecule has 0 aliphatic carbocycles. The van der Waals surface area contributed by atoms with Crippen molar-refractivity contribution in [3.8, 4) is 5.75 Å². The van der Waals surface area contributed by atoms with Gasteiger partial charge in [0.15, 0.2) is 0 Å². The molecule has 33 heavy (non-hydrogen) atoms. The Morgan fingerprint density at radius 3 is 2.33 bits per heavy atom. The van der Waals surface area contributed by atoms with E-state index in [0.29, 0.717) is 30.7 Å². The molecule has 0 atom stereocenters. The van der Waals surface area contributed by atoms with Crippen LogP contribution in [0.25, 0.3) is 0 Å². The summed E-state index contributed by atoms with van der Waals surface area (Å²) in [6.07, 6.45) is -3.27. The molecule has 2 aromatic carbocycles. The number of ether oxygens (including phenoxy) is 1. The number of carboxylic acids is 1. The van der Waals surface area contributed by atoms with Gasteiger partial charge in [0.1, 0.15) is 12.4 Å². The summed E-state index contributed by atoms with van der Waals surface area (Å²) in [6, 6.07) is 10.9. The van der Waals surface area contributed by atoms with Crippen LogP contribution in [0, 0.1) is 0 Å². The summed E-state index contributed by atoms with van der Waals surface area (Å²) in [5, 5.41) is 13.5. The number of carboxylic acid groups (broad SMARTS) is 1. The molecule has 0 saturated carbocycles. The smallest absolute Gasteiger partial charge is 0.417 e. The fourth-order valence-corrected chi connectivity index (χ4v) is 3.89. The third-order valence-corrected chi connectivity index (χ3v) is 5.57. The van der Waals surface area contributed by atoms with Gasteiger partial charge in [-0.15, -0.1) is 0 Å². The van der Waals surface area contributed by atoms with Crippen LogP contribution in [0.5, 0.6) is 5.75 Å². The van der Waals surface area contributed by atoms with E-state index in [-0.39, 0.29) is 18.1 Å². The first-order valence-electron chi connectivity index (χ1n) is 10.5. The monoisotopic (exact) mass is 480 g/mol. The number of nitrogens with zero attached hydrogens (tertiary/aromatic N) is 2. The number of halogens is 4. The molecule has 0 amide bonds. The molecule has 1 N–H and O–H groups in total. The van der Waals surface area contributed by atoms with Crippen LogP contribution in [0.2, 0.25) is 5.02 Å². The van der Waals surface area contributed by atoms with Gasteiger partial charge in [0.05, 0.1) is 29.2 Å². The molecule has 0 bridgehead atoms. The number of hydrogen-bond acceptors (Lipinski definition) is 3. The summed E-state index contributed by atoms with van der Waals surface area (Å²) in [5.41, 5.74) is 2.87. The number of aliphatic carboxylic acids is 1. The minimum absolute atomic E-state index is 0.0306. The summed E-state index contributed by atoms with van der Waals surface area (Å²) in [6.45, 7) is 4.36. The quantitative estimate of drug-likeness (QED) is 0.412. The third-order valence-electron chi connectivity index (χ3n) is 5.24. The van der Waals surface area contributed by atoms with E-state index in [1.165, 1.54) is 12.1 Å². The van der Waals surface area contributed by atoms with Crippen LogP contribution in [-0.4, -0.2) is 20.9 Å². The molecular weight excluding hydrogens is 457 g/mol. The molecule has 0 radical (unpaired) electrons. The Bertz CT molecular complexity index is 1130. The van der Waals surface area contributed by atoms with Gasteiger partial charge < -0.3 is 9.84 Å². The topological polar surface area (TPSA) is 64.4 Å². The van der Waals surface area contributed by atoms with Crippen LogP contribution in [0.4, 0.5) is 13.2 Å². The normalized spacial score (nSPS) is 11.6. The molecule has 176 valence electrons. The van der Waals surface area contributed by atoms with Crippen molar-refractivity contribution in [1.29, 1.82) is 0 Å². The second kappa shape index (κ2) is 10.3. The zero-order valence-corrected chi connectivity index (χ0v) is 19.0. The van der Waals surface area contributed by atoms with Crippen LogP contribution >= 0.6 is 11.6 Å². The molecule has 0 aliphatic heterocycles. The van der Waals surface area contributed by atoms with Gasteiger partial charge >= 0.3 is 12.1 Å². The molecule has 0 fully saturated rings. The summed E-state index contributed by atoms with van der Waals surface area (Å²) < 4.78 is 46.5. The Morgan fingerprint density at radius 2 is 1.76 bits per heavy atom. The lowest BCUT2D eigenvalue weighted by atomic mass is 10.1. The van der Waals surface area contributed by atoms with Crippen LogP contribution in [0.1, 0.15) is 47.5 Å². The molecule has 0 spiro atoms. The summed E-state index contributed by atoms with van der Waals surface area (Å²) >= 11 is 5.65. The van der Waals surface area contributed by atoms with Crippen molar-refractivity contribution in [2.45, 2.75) is 52.4 Å². The molecule has 1 aromatic heterocycles. The molecule has 1 heterocycles. The van der Waals surface area contributed by atoms with Crippen molar-refractivity contribution >= 4 is 17.6 Å². The number of carbonyl (C=O) groups is 1. The molecule has 9 heteroatoms. The molecule has 3 rings (SSSR count). The molecule has 3 aromatic rings. The second-order valence-corrected chi connectivity index (χ2v) is 7.96. The van der Waals surface area contributed by atoms with Crippen molar-refractivity contribution in [3.63, 3.8) is 0 Å². The molecule has 0 saturated heterocycles. The van der Waals surface area contributed by atoms with E-state index in [9.17, 15) is 23.1 Å². The zero-order chi connectivity index (χ0) is 24.2. The summed E-state index contributed by atoms with van der Waals surface area (Å²) in [5.74, 6) is -0.372. The Balaban J connectivity index is 1.70. The first-order chi connectivity index (χ1) is 15.6. The number of rotatable bonds is 9. The minimum Gasteiger partial charge on any atom is -0.489 e. The van der Waals surface area contributed by atoms with Gasteiger partial charge in [0, 0.05) is 11.3 Å². The van der Waals surface area contributed by atoms with Gasteiger partial charge in [0.2, 0.25) is 0 Å². The minimum atomic E-state index is -4.53. The van der Waals surface area contributed by atoms with Crippen LogP contribution < -0.4 is 4.74 Å². The highest BCUT2D eigenvalue weighted by Crippen LogP contribution is 2.35. The zero-order valence-electron chi connectivity index (χ0n) is 18.2. The highest BCUT2D eigenvalue weighted by atomic mass is 35.5. The van der Waals surface area contributed by atoms with Gasteiger partial charge in [0.25, 0.3) is 0 Å².